The number of benzene rings is 1. The second-order valence-electron chi connectivity index (χ2n) is 3.01. The molecule has 1 aromatic carbocycles. The molecule has 80 valence electrons. The van der Waals surface area contributed by atoms with Gasteiger partial charge in [0.05, 0.1) is 6.42 Å². The number of hydrogen-bond donors (Lipinski definition) is 1. The van der Waals surface area contributed by atoms with E-state index in [4.69, 9.17) is 5.11 Å². The maximum absolute atomic E-state index is 12.8. The zero-order valence-electron chi connectivity index (χ0n) is 7.61. The molecule has 0 unspecified atom stereocenters. The molecule has 0 amide bonds. The van der Waals surface area contributed by atoms with Gasteiger partial charge in [-0.3, -0.25) is 9.59 Å². The molecule has 0 aromatic heterocycles. The molecule has 0 fully saturated rings. The Labute approximate surface area is 84.3 Å². The van der Waals surface area contributed by atoms with Crippen LogP contribution < -0.4 is 0 Å². The van der Waals surface area contributed by atoms with Crippen molar-refractivity contribution < 1.29 is 23.5 Å². The highest BCUT2D eigenvalue weighted by atomic mass is 19.3. The summed E-state index contributed by atoms with van der Waals surface area (Å²) in [6.45, 7) is 0. The van der Waals surface area contributed by atoms with Crippen molar-refractivity contribution in [2.24, 2.45) is 0 Å². The average molecular weight is 214 g/mol. The monoisotopic (exact) mass is 214 g/mol. The molecule has 0 radical (unpaired) electrons. The minimum absolute atomic E-state index is 0.229. The summed E-state index contributed by atoms with van der Waals surface area (Å²) in [5, 5.41) is 8.44. The largest absolute Gasteiger partial charge is 0.481 e. The highest BCUT2D eigenvalue weighted by molar-refractivity contribution is 5.70. The molecule has 0 aliphatic carbocycles. The van der Waals surface area contributed by atoms with Crippen molar-refractivity contribution in [1.29, 1.82) is 0 Å². The fraction of sp³-hybridized carbons (Fsp3) is 0.200. The molecular weight excluding hydrogens is 206 g/mol. The molecule has 0 spiro atoms. The molecule has 0 saturated heterocycles. The molecule has 15 heavy (non-hydrogen) atoms. The minimum atomic E-state index is -3.51. The normalized spacial score (nSPS) is 11.1. The predicted molar refractivity (Wildman–Crippen MR) is 47.7 cm³/mol. The summed E-state index contributed by atoms with van der Waals surface area (Å²) in [5.74, 6) is -4.55. The Bertz CT molecular complexity index is 371. The van der Waals surface area contributed by atoms with Crippen molar-refractivity contribution in [3.05, 3.63) is 35.4 Å². The number of hydrogen-bond acceptors (Lipinski definition) is 2. The summed E-state index contributed by atoms with van der Waals surface area (Å²) in [6.07, 6.45) is -0.674. The summed E-state index contributed by atoms with van der Waals surface area (Å²) in [4.78, 5) is 20.3. The molecule has 1 N–H and O–H groups in total. The van der Waals surface area contributed by atoms with Gasteiger partial charge < -0.3 is 5.11 Å². The zero-order chi connectivity index (χ0) is 11.5. The molecule has 0 heterocycles. The van der Waals surface area contributed by atoms with Crippen molar-refractivity contribution in [3.8, 4) is 0 Å². The SMILES string of the molecule is O=CC(F)(F)c1ccc(CC(=O)O)cc1. The topological polar surface area (TPSA) is 54.4 Å². The first kappa shape index (κ1) is 11.3. The Morgan fingerprint density at radius 2 is 1.87 bits per heavy atom. The van der Waals surface area contributed by atoms with Crippen LogP contribution in [0, 0.1) is 0 Å². The first-order valence-electron chi connectivity index (χ1n) is 4.11. The van der Waals surface area contributed by atoms with E-state index in [0.29, 0.717) is 5.56 Å². The summed E-state index contributed by atoms with van der Waals surface area (Å²) in [5.41, 5.74) is -0.0282. The lowest BCUT2D eigenvalue weighted by Gasteiger charge is -2.08. The van der Waals surface area contributed by atoms with E-state index in [0.717, 1.165) is 12.1 Å². The second-order valence-corrected chi connectivity index (χ2v) is 3.01. The van der Waals surface area contributed by atoms with Gasteiger partial charge in [0.2, 0.25) is 0 Å². The quantitative estimate of drug-likeness (QED) is 0.774. The van der Waals surface area contributed by atoms with Gasteiger partial charge in [-0.1, -0.05) is 24.3 Å². The van der Waals surface area contributed by atoms with Crippen LogP contribution in [0.15, 0.2) is 24.3 Å². The van der Waals surface area contributed by atoms with Gasteiger partial charge >= 0.3 is 11.9 Å². The molecule has 5 heteroatoms. The third kappa shape index (κ3) is 2.83. The molecule has 0 aliphatic rings. The van der Waals surface area contributed by atoms with Gasteiger partial charge in [-0.2, -0.15) is 8.78 Å². The minimum Gasteiger partial charge on any atom is -0.481 e. The molecule has 3 nitrogen and oxygen atoms in total. The number of aliphatic carboxylic acids is 1. The van der Waals surface area contributed by atoms with Crippen molar-refractivity contribution >= 4 is 12.3 Å². The lowest BCUT2D eigenvalue weighted by atomic mass is 10.1. The maximum Gasteiger partial charge on any atom is 0.327 e. The first-order chi connectivity index (χ1) is 6.95. The van der Waals surface area contributed by atoms with Crippen molar-refractivity contribution in [3.63, 3.8) is 0 Å². The Balaban J connectivity index is 2.90. The summed E-state index contributed by atoms with van der Waals surface area (Å²) >= 11 is 0. The van der Waals surface area contributed by atoms with Crippen molar-refractivity contribution in [2.45, 2.75) is 12.3 Å². The number of aldehydes is 1. The molecule has 0 bridgehead atoms. The third-order valence-electron chi connectivity index (χ3n) is 1.84. The lowest BCUT2D eigenvalue weighted by molar-refractivity contribution is -0.136. The van der Waals surface area contributed by atoms with E-state index in [1.165, 1.54) is 12.1 Å². The number of carboxylic acid groups (broad SMARTS) is 1. The molecule has 0 saturated carbocycles. The standard InChI is InChI=1S/C10H8F2O3/c11-10(12,6-13)8-3-1-7(2-4-8)5-9(14)15/h1-4,6H,5H2,(H,14,15). The van der Waals surface area contributed by atoms with Gasteiger partial charge in [0.25, 0.3) is 0 Å². The maximum atomic E-state index is 12.8. The van der Waals surface area contributed by atoms with Crippen molar-refractivity contribution in [2.75, 3.05) is 0 Å². The summed E-state index contributed by atoms with van der Waals surface area (Å²) in [6, 6.07) is 4.63. The number of carboxylic acids is 1. The van der Waals surface area contributed by atoms with Crippen LogP contribution in [0.4, 0.5) is 8.78 Å². The summed E-state index contributed by atoms with van der Waals surface area (Å²) < 4.78 is 25.6. The Morgan fingerprint density at radius 1 is 1.33 bits per heavy atom. The zero-order valence-corrected chi connectivity index (χ0v) is 7.61. The molecule has 1 aromatic rings. The fourth-order valence-electron chi connectivity index (χ4n) is 1.09. The van der Waals surface area contributed by atoms with Gasteiger partial charge in [0, 0.05) is 5.56 Å². The van der Waals surface area contributed by atoms with E-state index in [-0.39, 0.29) is 6.42 Å². The Kier molecular flexibility index (Phi) is 3.14. The summed E-state index contributed by atoms with van der Waals surface area (Å²) in [7, 11) is 0. The molecule has 0 aliphatic heterocycles. The molecule has 1 rings (SSSR count). The highest BCUT2D eigenvalue weighted by Crippen LogP contribution is 2.25. The van der Waals surface area contributed by atoms with E-state index in [9.17, 15) is 18.4 Å². The van der Waals surface area contributed by atoms with Gasteiger partial charge in [0.15, 0.2) is 6.29 Å². The lowest BCUT2D eigenvalue weighted by Crippen LogP contribution is -2.14. The van der Waals surface area contributed by atoms with Crippen molar-refractivity contribution in [1.82, 2.24) is 0 Å². The van der Waals surface area contributed by atoms with Crippen LogP contribution >= 0.6 is 0 Å². The van der Waals surface area contributed by atoms with E-state index < -0.39 is 23.7 Å². The van der Waals surface area contributed by atoms with Gasteiger partial charge in [-0.15, -0.1) is 0 Å². The average Bonchev–Trinajstić information content (AvgIpc) is 2.18. The number of carbonyl (C=O) groups excluding carboxylic acids is 1. The third-order valence-corrected chi connectivity index (χ3v) is 1.84. The Hall–Kier alpha value is -1.78. The van der Waals surface area contributed by atoms with Gasteiger partial charge in [-0.25, -0.2) is 0 Å². The van der Waals surface area contributed by atoms with Crippen LogP contribution in [0.3, 0.4) is 0 Å². The number of carbonyl (C=O) groups is 2. The van der Waals surface area contributed by atoms with Crippen LogP contribution in [0.2, 0.25) is 0 Å². The smallest absolute Gasteiger partial charge is 0.327 e. The van der Waals surface area contributed by atoms with E-state index in [1.54, 1.807) is 0 Å². The second kappa shape index (κ2) is 4.16. The number of halogens is 2. The number of rotatable bonds is 4. The van der Waals surface area contributed by atoms with Crippen LogP contribution in [0.25, 0.3) is 0 Å². The van der Waals surface area contributed by atoms with E-state index in [2.05, 4.69) is 0 Å². The van der Waals surface area contributed by atoms with E-state index in [1.807, 2.05) is 0 Å². The predicted octanol–water partition coefficient (Wildman–Crippen LogP) is 1.60. The van der Waals surface area contributed by atoms with Crippen LogP contribution in [0.1, 0.15) is 11.1 Å². The van der Waals surface area contributed by atoms with E-state index >= 15 is 0 Å². The van der Waals surface area contributed by atoms with Crippen LogP contribution in [-0.2, 0) is 21.9 Å². The fourth-order valence-corrected chi connectivity index (χ4v) is 1.09. The molecular formula is C10H8F2O3. The number of alkyl halides is 2. The van der Waals surface area contributed by atoms with Crippen LogP contribution in [0.5, 0.6) is 0 Å². The highest BCUT2D eigenvalue weighted by Gasteiger charge is 2.30. The molecule has 0 atom stereocenters. The first-order valence-corrected chi connectivity index (χ1v) is 4.11. The van der Waals surface area contributed by atoms with Gasteiger partial charge in [-0.05, 0) is 5.56 Å². The Morgan fingerprint density at radius 3 is 2.27 bits per heavy atom. The van der Waals surface area contributed by atoms with Crippen LogP contribution in [-0.4, -0.2) is 17.4 Å². The van der Waals surface area contributed by atoms with Gasteiger partial charge in [0.1, 0.15) is 0 Å².